The number of piperazine rings is 1. The van der Waals surface area contributed by atoms with Crippen LogP contribution in [0.5, 0.6) is 11.5 Å². The molecule has 19 heteroatoms. The minimum absolute atomic E-state index is 0.128. The van der Waals surface area contributed by atoms with Crippen LogP contribution in [0.2, 0.25) is 0 Å². The Hall–Kier alpha value is -6.36. The second-order valence-electron chi connectivity index (χ2n) is 18.3. The molecule has 68 heavy (non-hydrogen) atoms. The van der Waals surface area contributed by atoms with Gasteiger partial charge >= 0.3 is 0 Å². The Morgan fingerprint density at radius 2 is 1.69 bits per heavy atom. The summed E-state index contributed by atoms with van der Waals surface area (Å²) in [6.45, 7) is 12.3. The van der Waals surface area contributed by atoms with Gasteiger partial charge in [-0.3, -0.25) is 34.2 Å². The van der Waals surface area contributed by atoms with Crippen molar-refractivity contribution < 1.29 is 32.8 Å². The first-order chi connectivity index (χ1) is 32.8. The van der Waals surface area contributed by atoms with Gasteiger partial charge in [0.05, 0.1) is 36.8 Å². The zero-order valence-electron chi connectivity index (χ0n) is 39.3. The third kappa shape index (κ3) is 9.94. The number of imide groups is 1. The van der Waals surface area contributed by atoms with Crippen LogP contribution in [0.15, 0.2) is 67.1 Å². The van der Waals surface area contributed by atoms with E-state index in [1.807, 2.05) is 37.5 Å². The van der Waals surface area contributed by atoms with Crippen molar-refractivity contribution >= 4 is 59.0 Å². The van der Waals surface area contributed by atoms with Gasteiger partial charge in [-0.25, -0.2) is 9.37 Å². The molecule has 0 radical (unpaired) electrons. The first-order valence-electron chi connectivity index (χ1n) is 23.3. The molecule has 2 aromatic heterocycles. The lowest BCUT2D eigenvalue weighted by Gasteiger charge is -2.43. The third-order valence-electron chi connectivity index (χ3n) is 13.5. The number of rotatable bonds is 15. The average Bonchev–Trinajstić information content (AvgIpc) is 3.91. The number of nitrogens with one attached hydrogen (secondary N) is 3. The quantitative estimate of drug-likeness (QED) is 0.0854. The second-order valence-corrected chi connectivity index (χ2v) is 21.5. The highest BCUT2D eigenvalue weighted by molar-refractivity contribution is 7.70. The van der Waals surface area contributed by atoms with Crippen molar-refractivity contribution in [3.05, 3.63) is 89.6 Å². The number of halogens is 1. The highest BCUT2D eigenvalue weighted by atomic mass is 31.2. The average molecular weight is 948 g/mol. The molecular weight excluding hydrogens is 889 g/mol. The van der Waals surface area contributed by atoms with E-state index in [-0.39, 0.29) is 30.9 Å². The van der Waals surface area contributed by atoms with Crippen LogP contribution in [-0.2, 0) is 34.2 Å². The van der Waals surface area contributed by atoms with Crippen LogP contribution in [0.4, 0.5) is 33.2 Å². The molecule has 17 nitrogen and oxygen atoms in total. The fourth-order valence-corrected chi connectivity index (χ4v) is 11.1. The molecular formula is C49H59FN11O6P. The van der Waals surface area contributed by atoms with Crippen LogP contribution in [0.1, 0.15) is 54.1 Å². The molecule has 3 aromatic carbocycles. The molecule has 3 amide bonds. The predicted octanol–water partition coefficient (Wildman–Crippen LogP) is 5.75. The van der Waals surface area contributed by atoms with Crippen molar-refractivity contribution in [3.8, 4) is 22.6 Å². The summed E-state index contributed by atoms with van der Waals surface area (Å²) in [6.07, 6.45) is 8.72. The van der Waals surface area contributed by atoms with Crippen molar-refractivity contribution in [3.63, 3.8) is 0 Å². The number of carbonyl (C=O) groups excluding carboxylic acids is 3. The van der Waals surface area contributed by atoms with E-state index in [9.17, 15) is 23.3 Å². The summed E-state index contributed by atoms with van der Waals surface area (Å²) >= 11 is 0. The fourth-order valence-electron chi connectivity index (χ4n) is 9.90. The van der Waals surface area contributed by atoms with Crippen LogP contribution in [0.25, 0.3) is 11.1 Å². The summed E-state index contributed by atoms with van der Waals surface area (Å²) in [6, 6.07) is 14.0. The van der Waals surface area contributed by atoms with Crippen LogP contribution >= 0.6 is 7.14 Å². The van der Waals surface area contributed by atoms with E-state index in [4.69, 9.17) is 19.4 Å². The molecule has 4 aliphatic rings. The van der Waals surface area contributed by atoms with E-state index < -0.39 is 30.8 Å². The number of ether oxygens (including phenoxy) is 2. The van der Waals surface area contributed by atoms with E-state index in [2.05, 4.69) is 54.8 Å². The maximum atomic E-state index is 14.7. The van der Waals surface area contributed by atoms with Gasteiger partial charge in [-0.15, -0.1) is 0 Å². The number of para-hydroxylation sites is 1. The molecule has 3 fully saturated rings. The van der Waals surface area contributed by atoms with Gasteiger partial charge in [0.25, 0.3) is 5.91 Å². The molecule has 1 atom stereocenters. The lowest BCUT2D eigenvalue weighted by atomic mass is 9.99. The molecule has 3 saturated heterocycles. The number of piperidine rings is 2. The summed E-state index contributed by atoms with van der Waals surface area (Å²) in [5.41, 5.74) is 6.18. The van der Waals surface area contributed by atoms with Crippen LogP contribution in [0, 0.1) is 5.82 Å². The Balaban J connectivity index is 0.801. The molecule has 4 aliphatic heterocycles. The van der Waals surface area contributed by atoms with Crippen molar-refractivity contribution in [1.29, 1.82) is 0 Å². The molecule has 9 rings (SSSR count). The zero-order valence-corrected chi connectivity index (χ0v) is 40.2. The molecule has 0 saturated carbocycles. The Kier molecular flexibility index (Phi) is 13.5. The molecule has 0 aliphatic carbocycles. The number of fused-ring (bicyclic) bond motifs is 1. The summed E-state index contributed by atoms with van der Waals surface area (Å²) in [5.74, 6) is 0.0642. The number of nitrogens with zero attached hydrogens (tertiary/aromatic N) is 8. The molecule has 358 valence electrons. The lowest BCUT2D eigenvalue weighted by Crippen LogP contribution is -2.53. The number of carbonyl (C=O) groups is 3. The van der Waals surface area contributed by atoms with Gasteiger partial charge in [0.2, 0.25) is 17.8 Å². The lowest BCUT2D eigenvalue weighted by molar-refractivity contribution is -0.136. The van der Waals surface area contributed by atoms with Gasteiger partial charge in [0.15, 0.2) is 0 Å². The third-order valence-corrected chi connectivity index (χ3v) is 15.1. The highest BCUT2D eigenvalue weighted by Crippen LogP contribution is 2.41. The van der Waals surface area contributed by atoms with E-state index in [1.54, 1.807) is 37.5 Å². The summed E-state index contributed by atoms with van der Waals surface area (Å²) in [4.78, 5) is 56.0. The van der Waals surface area contributed by atoms with Gasteiger partial charge in [0, 0.05) is 118 Å². The number of anilines is 5. The van der Waals surface area contributed by atoms with Gasteiger partial charge in [-0.1, -0.05) is 19.1 Å². The maximum Gasteiger partial charge on any atom is 0.255 e. The minimum atomic E-state index is -2.61. The number of hydrogen-bond donors (Lipinski definition) is 3. The number of benzene rings is 3. The molecule has 0 bridgehead atoms. The van der Waals surface area contributed by atoms with Crippen molar-refractivity contribution in [2.45, 2.75) is 57.7 Å². The van der Waals surface area contributed by atoms with Crippen molar-refractivity contribution in [2.24, 2.45) is 7.05 Å². The molecule has 5 aromatic rings. The summed E-state index contributed by atoms with van der Waals surface area (Å²) in [7, 11) is 0.924. The number of aryl methyl sites for hydroxylation is 2. The zero-order chi connectivity index (χ0) is 47.7. The Labute approximate surface area is 395 Å². The fraction of sp³-hybridized carbons (Fsp3) is 0.429. The van der Waals surface area contributed by atoms with E-state index >= 15 is 0 Å². The Morgan fingerprint density at radius 3 is 2.40 bits per heavy atom. The molecule has 6 heterocycles. The first-order valence-corrected chi connectivity index (χ1v) is 25.9. The first kappa shape index (κ1) is 46.7. The topological polar surface area (TPSA) is 179 Å². The monoisotopic (exact) mass is 947 g/mol. The van der Waals surface area contributed by atoms with Crippen LogP contribution in [0.3, 0.4) is 0 Å². The standard InChI is InChI=1S/C49H59FN11O6P/c1-6-31-23-39(54-49-51-28-36(32-27-52-57(2)29-32)46(56-49)53-38-9-7-8-10-44(38)68(4,5)65)43(66-3)26-41(31)60-15-13-34(14-16-60)59-19-17-58(18-20-59)21-22-67-42-25-33(50)24-35-37(42)30-61(48(35)64)40-11-12-45(62)55-47(40)63/h7-10,23-29,34,40H,6,11-22,30H2,1-5H3,(H,55,62,63)(H2,51,53,54,56). The maximum absolute atomic E-state index is 14.7. The van der Waals surface area contributed by atoms with Crippen LogP contribution < -0.4 is 35.6 Å². The van der Waals surface area contributed by atoms with Gasteiger partial charge in [0.1, 0.15) is 42.9 Å². The second kappa shape index (κ2) is 19.7. The molecule has 0 spiro atoms. The normalized spacial score (nSPS) is 18.4. The summed E-state index contributed by atoms with van der Waals surface area (Å²) < 4.78 is 41.8. The minimum Gasteiger partial charge on any atom is -0.494 e. The van der Waals surface area contributed by atoms with Crippen LogP contribution in [-0.4, -0.2) is 137 Å². The Morgan fingerprint density at radius 1 is 0.912 bits per heavy atom. The van der Waals surface area contributed by atoms with Gasteiger partial charge in [-0.2, -0.15) is 10.1 Å². The Bertz CT molecular complexity index is 2760. The van der Waals surface area contributed by atoms with E-state index in [0.29, 0.717) is 48.0 Å². The predicted molar refractivity (Wildman–Crippen MR) is 260 cm³/mol. The number of amides is 3. The SMILES string of the molecule is CCc1cc(Nc2ncc(-c3cnn(C)c3)c(Nc3ccccc3P(C)(C)=O)n2)c(OC)cc1N1CCC(N2CCN(CCOc3cc(F)cc4c3CN(C3CCC(=O)NC3=O)C4=O)CC2)CC1. The van der Waals surface area contributed by atoms with Gasteiger partial charge in [-0.05, 0) is 68.8 Å². The van der Waals surface area contributed by atoms with E-state index in [1.165, 1.54) is 22.6 Å². The molecule has 1 unspecified atom stereocenters. The van der Waals surface area contributed by atoms with Gasteiger partial charge < -0.3 is 34.5 Å². The summed E-state index contributed by atoms with van der Waals surface area (Å²) in [5, 5.41) is 14.3. The van der Waals surface area contributed by atoms with Crippen molar-refractivity contribution in [2.75, 3.05) is 88.4 Å². The molecule has 3 N–H and O–H groups in total. The smallest absolute Gasteiger partial charge is 0.255 e. The number of aromatic nitrogens is 4. The largest absolute Gasteiger partial charge is 0.494 e. The van der Waals surface area contributed by atoms with E-state index in [0.717, 1.165) is 92.0 Å². The van der Waals surface area contributed by atoms with Crippen molar-refractivity contribution in [1.82, 2.24) is 39.8 Å². The number of hydrogen-bond acceptors (Lipinski definition) is 14. The number of methoxy groups -OCH3 is 1. The highest BCUT2D eigenvalue weighted by Gasteiger charge is 2.41.